The Kier molecular flexibility index (Phi) is 5.19. The Morgan fingerprint density at radius 2 is 1.75 bits per heavy atom. The van der Waals surface area contributed by atoms with Crippen LogP contribution in [0.1, 0.15) is 25.7 Å². The highest BCUT2D eigenvalue weighted by Gasteiger charge is 2.30. The molecule has 2 rings (SSSR count). The Balaban J connectivity index is 1.68. The van der Waals surface area contributed by atoms with Gasteiger partial charge in [-0.1, -0.05) is 0 Å². The summed E-state index contributed by atoms with van der Waals surface area (Å²) >= 11 is 0. The van der Waals surface area contributed by atoms with E-state index in [1.807, 2.05) is 0 Å². The van der Waals surface area contributed by atoms with E-state index in [0.717, 1.165) is 12.8 Å². The Morgan fingerprint density at radius 3 is 2.30 bits per heavy atom. The maximum Gasteiger partial charge on any atom is 0.320 e. The van der Waals surface area contributed by atoms with E-state index in [9.17, 15) is 14.7 Å². The molecule has 7 heteroatoms. The highest BCUT2D eigenvalue weighted by Crippen LogP contribution is 2.18. The zero-order valence-electron chi connectivity index (χ0n) is 11.5. The average Bonchev–Trinajstić information content (AvgIpc) is 2.85. The van der Waals surface area contributed by atoms with Gasteiger partial charge in [0.25, 0.3) is 0 Å². The van der Waals surface area contributed by atoms with E-state index in [-0.39, 0.29) is 25.2 Å². The number of piperidine rings is 1. The van der Waals surface area contributed by atoms with Crippen molar-refractivity contribution in [2.45, 2.75) is 37.9 Å². The molecule has 0 saturated carbocycles. The summed E-state index contributed by atoms with van der Waals surface area (Å²) in [5.41, 5.74) is 0. The summed E-state index contributed by atoms with van der Waals surface area (Å²) in [7, 11) is 0. The molecule has 20 heavy (non-hydrogen) atoms. The normalized spacial score (nSPS) is 24.1. The average molecular weight is 286 g/mol. The number of carboxylic acids is 1. The van der Waals surface area contributed by atoms with Gasteiger partial charge in [0.15, 0.2) is 0 Å². The van der Waals surface area contributed by atoms with Gasteiger partial charge in [0.1, 0.15) is 0 Å². The van der Waals surface area contributed by atoms with Crippen LogP contribution < -0.4 is 0 Å². The predicted octanol–water partition coefficient (Wildman–Crippen LogP) is 0.129. The summed E-state index contributed by atoms with van der Waals surface area (Å²) in [5, 5.41) is 18.0. The Hall–Kier alpha value is -1.34. The maximum atomic E-state index is 12.2. The van der Waals surface area contributed by atoms with Crippen molar-refractivity contribution >= 4 is 12.0 Å². The molecule has 0 aromatic carbocycles. The van der Waals surface area contributed by atoms with Gasteiger partial charge in [0.2, 0.25) is 0 Å². The summed E-state index contributed by atoms with van der Waals surface area (Å²) in [6, 6.07) is -0.00876. The van der Waals surface area contributed by atoms with Gasteiger partial charge in [0, 0.05) is 26.2 Å². The van der Waals surface area contributed by atoms with Crippen molar-refractivity contribution < 1.29 is 24.5 Å². The SMILES string of the molecule is O=C(O)CCOC1CCN(C(=O)N2CCC(O)C2)CC1. The monoisotopic (exact) mass is 286 g/mol. The lowest BCUT2D eigenvalue weighted by Gasteiger charge is -2.34. The number of urea groups is 1. The maximum absolute atomic E-state index is 12.2. The van der Waals surface area contributed by atoms with Crippen LogP contribution in [0, 0.1) is 0 Å². The molecular formula is C13H22N2O5. The van der Waals surface area contributed by atoms with Crippen molar-refractivity contribution in [2.75, 3.05) is 32.8 Å². The Morgan fingerprint density at radius 1 is 1.10 bits per heavy atom. The predicted molar refractivity (Wildman–Crippen MR) is 70.4 cm³/mol. The molecule has 2 amide bonds. The molecule has 1 atom stereocenters. The molecule has 0 aromatic heterocycles. The van der Waals surface area contributed by atoms with Crippen LogP contribution in [0.5, 0.6) is 0 Å². The van der Waals surface area contributed by atoms with Crippen LogP contribution in [0.15, 0.2) is 0 Å². The van der Waals surface area contributed by atoms with Gasteiger partial charge in [-0.05, 0) is 19.3 Å². The van der Waals surface area contributed by atoms with E-state index in [1.54, 1.807) is 9.80 Å². The first-order valence-corrected chi connectivity index (χ1v) is 7.11. The molecule has 0 spiro atoms. The minimum Gasteiger partial charge on any atom is -0.481 e. The minimum atomic E-state index is -0.856. The number of carbonyl (C=O) groups excluding carboxylic acids is 1. The van der Waals surface area contributed by atoms with Crippen molar-refractivity contribution in [1.29, 1.82) is 0 Å². The van der Waals surface area contributed by atoms with E-state index in [4.69, 9.17) is 9.84 Å². The van der Waals surface area contributed by atoms with Gasteiger partial charge in [0.05, 0.1) is 25.2 Å². The van der Waals surface area contributed by atoms with Gasteiger partial charge < -0.3 is 24.7 Å². The molecule has 2 saturated heterocycles. The third kappa shape index (κ3) is 4.08. The molecule has 1 unspecified atom stereocenters. The lowest BCUT2D eigenvalue weighted by atomic mass is 10.1. The second-order valence-corrected chi connectivity index (χ2v) is 5.37. The first-order valence-electron chi connectivity index (χ1n) is 7.11. The first-order chi connectivity index (χ1) is 9.56. The minimum absolute atomic E-state index is 0.00876. The molecule has 2 N–H and O–H groups in total. The van der Waals surface area contributed by atoms with E-state index in [1.165, 1.54) is 0 Å². The number of rotatable bonds is 4. The van der Waals surface area contributed by atoms with Crippen LogP contribution in [0.3, 0.4) is 0 Å². The highest BCUT2D eigenvalue weighted by molar-refractivity contribution is 5.75. The number of β-amino-alcohol motifs (C(OH)–C–C–N with tert-alkyl or cyclic N) is 1. The van der Waals surface area contributed by atoms with Crippen LogP contribution >= 0.6 is 0 Å². The largest absolute Gasteiger partial charge is 0.481 e. The van der Waals surface area contributed by atoms with Crippen molar-refractivity contribution in [2.24, 2.45) is 0 Å². The third-order valence-electron chi connectivity index (χ3n) is 3.82. The molecule has 0 aliphatic carbocycles. The number of likely N-dealkylation sites (tertiary alicyclic amines) is 2. The quantitative estimate of drug-likeness (QED) is 0.766. The lowest BCUT2D eigenvalue weighted by molar-refractivity contribution is -0.138. The summed E-state index contributed by atoms with van der Waals surface area (Å²) in [5.74, 6) is -0.856. The highest BCUT2D eigenvalue weighted by atomic mass is 16.5. The van der Waals surface area contributed by atoms with E-state index >= 15 is 0 Å². The first kappa shape index (κ1) is 15.1. The molecular weight excluding hydrogens is 264 g/mol. The second kappa shape index (κ2) is 6.90. The molecule has 2 heterocycles. The fraction of sp³-hybridized carbons (Fsp3) is 0.846. The van der Waals surface area contributed by atoms with Crippen LogP contribution in [-0.2, 0) is 9.53 Å². The summed E-state index contributed by atoms with van der Waals surface area (Å²) in [6.07, 6.45) is 1.80. The van der Waals surface area contributed by atoms with Crippen LogP contribution in [0.25, 0.3) is 0 Å². The van der Waals surface area contributed by atoms with Gasteiger partial charge in [-0.25, -0.2) is 4.79 Å². The number of carboxylic acid groups (broad SMARTS) is 1. The zero-order chi connectivity index (χ0) is 14.5. The van der Waals surface area contributed by atoms with Crippen LogP contribution in [0.2, 0.25) is 0 Å². The molecule has 0 aromatic rings. The fourth-order valence-electron chi connectivity index (χ4n) is 2.64. The summed E-state index contributed by atoms with van der Waals surface area (Å²) in [6.45, 7) is 2.53. The number of nitrogens with zero attached hydrogens (tertiary/aromatic N) is 2. The van der Waals surface area contributed by atoms with Crippen LogP contribution in [0.4, 0.5) is 4.79 Å². The number of hydrogen-bond donors (Lipinski definition) is 2. The molecule has 2 aliphatic heterocycles. The van der Waals surface area contributed by atoms with Gasteiger partial charge in [-0.2, -0.15) is 0 Å². The number of carbonyl (C=O) groups is 2. The molecule has 7 nitrogen and oxygen atoms in total. The molecule has 2 aliphatic rings. The van der Waals surface area contributed by atoms with Crippen LogP contribution in [-0.4, -0.2) is 77.0 Å². The summed E-state index contributed by atoms with van der Waals surface area (Å²) in [4.78, 5) is 26.1. The second-order valence-electron chi connectivity index (χ2n) is 5.37. The number of ether oxygens (including phenoxy) is 1. The number of amides is 2. The van der Waals surface area contributed by atoms with Gasteiger partial charge in [-0.15, -0.1) is 0 Å². The smallest absolute Gasteiger partial charge is 0.320 e. The van der Waals surface area contributed by atoms with E-state index in [2.05, 4.69) is 0 Å². The zero-order valence-corrected chi connectivity index (χ0v) is 11.5. The lowest BCUT2D eigenvalue weighted by Crippen LogP contribution is -2.47. The summed E-state index contributed by atoms with van der Waals surface area (Å²) < 4.78 is 5.49. The Labute approximate surface area is 118 Å². The van der Waals surface area contributed by atoms with Crippen molar-refractivity contribution in [3.05, 3.63) is 0 Å². The number of aliphatic carboxylic acids is 1. The Bertz CT molecular complexity index is 355. The number of aliphatic hydroxyl groups is 1. The van der Waals surface area contributed by atoms with Crippen molar-refractivity contribution in [1.82, 2.24) is 9.80 Å². The number of hydrogen-bond acceptors (Lipinski definition) is 4. The topological polar surface area (TPSA) is 90.3 Å². The van der Waals surface area contributed by atoms with Gasteiger partial charge >= 0.3 is 12.0 Å². The van der Waals surface area contributed by atoms with Crippen molar-refractivity contribution in [3.8, 4) is 0 Å². The van der Waals surface area contributed by atoms with Gasteiger partial charge in [-0.3, -0.25) is 4.79 Å². The van der Waals surface area contributed by atoms with E-state index < -0.39 is 12.1 Å². The van der Waals surface area contributed by atoms with Crippen molar-refractivity contribution in [3.63, 3.8) is 0 Å². The fourth-order valence-corrected chi connectivity index (χ4v) is 2.64. The molecule has 2 fully saturated rings. The third-order valence-corrected chi connectivity index (χ3v) is 3.82. The molecule has 114 valence electrons. The standard InChI is InChI=1S/C13H22N2O5/c16-10-1-5-15(9-10)13(19)14-6-2-11(3-7-14)20-8-4-12(17)18/h10-11,16H,1-9H2,(H,17,18). The molecule has 0 bridgehead atoms. The van der Waals surface area contributed by atoms with E-state index in [0.29, 0.717) is 32.6 Å². The number of aliphatic hydroxyl groups excluding tert-OH is 1. The molecule has 0 radical (unpaired) electrons.